The quantitative estimate of drug-likeness (QED) is 0.554. The topological polar surface area (TPSA) is 74.6 Å². The second-order valence-corrected chi connectivity index (χ2v) is 13.2. The van der Waals surface area contributed by atoms with E-state index in [9.17, 15) is 19.8 Å². The van der Waals surface area contributed by atoms with E-state index in [2.05, 4.69) is 41.5 Å². The highest BCUT2D eigenvalue weighted by molar-refractivity contribution is 5.90. The molecule has 0 aromatic rings. The predicted octanol–water partition coefficient (Wildman–Crippen LogP) is 5.43. The van der Waals surface area contributed by atoms with Crippen LogP contribution >= 0.6 is 0 Å². The Bertz CT molecular complexity index is 761. The first-order valence-electron chi connectivity index (χ1n) is 13.9. The Balaban J connectivity index is 1.54. The standard InChI is InChI=1S/C29H48O4/c1-7-19(16(2)3)27(33)26(32)17(4)21-8-9-22-20-15-25(31)24-14-18(30)10-12-29(24,6)23(20)11-13-28(21,22)5/h16-17,19-24,26-27,32-33H,7-15H2,1-6H3/t17-,19-,20-,21+,22-,23-,24+,26+,27+,28+,29+/m0/s1. The highest BCUT2D eigenvalue weighted by Crippen LogP contribution is 2.67. The number of ketones is 2. The van der Waals surface area contributed by atoms with Gasteiger partial charge >= 0.3 is 0 Å². The van der Waals surface area contributed by atoms with Gasteiger partial charge in [-0.15, -0.1) is 0 Å². The highest BCUT2D eigenvalue weighted by atomic mass is 16.3. The number of rotatable bonds is 6. The molecule has 0 bridgehead atoms. The van der Waals surface area contributed by atoms with Crippen LogP contribution in [0.3, 0.4) is 0 Å². The number of Topliss-reactive ketones (excluding diaryl/α,β-unsaturated/α-hetero) is 2. The summed E-state index contributed by atoms with van der Waals surface area (Å²) in [4.78, 5) is 25.4. The van der Waals surface area contributed by atoms with Gasteiger partial charge in [0.25, 0.3) is 0 Å². The Kier molecular flexibility index (Phi) is 6.95. The number of carbonyl (C=O) groups excluding carboxylic acids is 2. The number of fused-ring (bicyclic) bond motifs is 5. The van der Waals surface area contributed by atoms with E-state index in [0.717, 1.165) is 38.5 Å². The number of aliphatic hydroxyl groups excluding tert-OH is 2. The fourth-order valence-corrected chi connectivity index (χ4v) is 9.65. The predicted molar refractivity (Wildman–Crippen MR) is 130 cm³/mol. The Labute approximate surface area is 201 Å². The van der Waals surface area contributed by atoms with Crippen LogP contribution in [0, 0.1) is 58.2 Å². The van der Waals surface area contributed by atoms with E-state index in [1.54, 1.807) is 0 Å². The van der Waals surface area contributed by atoms with Crippen LogP contribution in [0.15, 0.2) is 0 Å². The van der Waals surface area contributed by atoms with Gasteiger partial charge in [0.1, 0.15) is 11.6 Å². The van der Waals surface area contributed by atoms with E-state index >= 15 is 0 Å². The molecule has 4 rings (SSSR count). The second-order valence-electron chi connectivity index (χ2n) is 13.2. The number of aliphatic hydroxyl groups is 2. The van der Waals surface area contributed by atoms with Crippen molar-refractivity contribution >= 4 is 11.6 Å². The van der Waals surface area contributed by atoms with Crippen molar-refractivity contribution in [2.75, 3.05) is 0 Å². The molecule has 4 saturated carbocycles. The number of hydrogen-bond acceptors (Lipinski definition) is 4. The lowest BCUT2D eigenvalue weighted by Gasteiger charge is -2.60. The molecule has 0 saturated heterocycles. The van der Waals surface area contributed by atoms with Gasteiger partial charge in [-0.25, -0.2) is 0 Å². The molecule has 188 valence electrons. The summed E-state index contributed by atoms with van der Waals surface area (Å²) >= 11 is 0. The highest BCUT2D eigenvalue weighted by Gasteiger charge is 2.63. The number of hydrogen-bond donors (Lipinski definition) is 2. The maximum absolute atomic E-state index is 13.3. The molecule has 0 radical (unpaired) electrons. The molecular weight excluding hydrogens is 412 g/mol. The Morgan fingerprint density at radius 3 is 2.21 bits per heavy atom. The molecule has 0 aliphatic heterocycles. The molecule has 11 atom stereocenters. The van der Waals surface area contributed by atoms with Gasteiger partial charge in [0, 0.05) is 25.2 Å². The fourth-order valence-electron chi connectivity index (χ4n) is 9.65. The molecule has 0 aromatic carbocycles. The molecule has 0 aromatic heterocycles. The van der Waals surface area contributed by atoms with Crippen LogP contribution in [-0.2, 0) is 9.59 Å². The minimum Gasteiger partial charge on any atom is -0.390 e. The Morgan fingerprint density at radius 1 is 0.909 bits per heavy atom. The summed E-state index contributed by atoms with van der Waals surface area (Å²) in [6.07, 6.45) is 6.63. The first-order chi connectivity index (χ1) is 15.5. The van der Waals surface area contributed by atoms with Crippen molar-refractivity contribution in [2.45, 2.75) is 112 Å². The van der Waals surface area contributed by atoms with Crippen molar-refractivity contribution < 1.29 is 19.8 Å². The lowest BCUT2D eigenvalue weighted by atomic mass is 9.44. The summed E-state index contributed by atoms with van der Waals surface area (Å²) in [5.41, 5.74) is 0.106. The molecule has 4 aliphatic rings. The largest absolute Gasteiger partial charge is 0.390 e. The van der Waals surface area contributed by atoms with E-state index in [1.807, 2.05) is 0 Å². The zero-order valence-corrected chi connectivity index (χ0v) is 21.8. The third-order valence-corrected chi connectivity index (χ3v) is 11.6. The van der Waals surface area contributed by atoms with Crippen molar-refractivity contribution in [3.8, 4) is 0 Å². The molecule has 0 spiro atoms. The third-order valence-electron chi connectivity index (χ3n) is 11.6. The fraction of sp³-hybridized carbons (Fsp3) is 0.931. The van der Waals surface area contributed by atoms with Gasteiger partial charge in [-0.1, -0.05) is 48.0 Å². The monoisotopic (exact) mass is 460 g/mol. The van der Waals surface area contributed by atoms with E-state index in [-0.39, 0.29) is 34.4 Å². The van der Waals surface area contributed by atoms with Crippen LogP contribution in [0.4, 0.5) is 0 Å². The molecule has 0 unspecified atom stereocenters. The third kappa shape index (κ3) is 3.96. The van der Waals surface area contributed by atoms with Crippen molar-refractivity contribution in [2.24, 2.45) is 58.2 Å². The maximum Gasteiger partial charge on any atom is 0.137 e. The van der Waals surface area contributed by atoms with Gasteiger partial charge in [0.2, 0.25) is 0 Å². The minimum absolute atomic E-state index is 0.0136. The lowest BCUT2D eigenvalue weighted by Crippen LogP contribution is -2.57. The number of carbonyl (C=O) groups is 2. The molecular formula is C29H48O4. The van der Waals surface area contributed by atoms with Crippen LogP contribution < -0.4 is 0 Å². The van der Waals surface area contributed by atoms with E-state index in [0.29, 0.717) is 54.6 Å². The maximum atomic E-state index is 13.3. The SMILES string of the molecule is CC[C@@H](C(C)C)[C@@H](O)[C@H](O)[C@@H](C)[C@H]1CC[C@H]2[C@@H]3CC(=O)[C@H]4CC(=O)CC[C@]4(C)[C@H]3CC[C@]12C. The first-order valence-corrected chi connectivity index (χ1v) is 13.9. The molecule has 4 aliphatic carbocycles. The van der Waals surface area contributed by atoms with Crippen molar-refractivity contribution in [1.29, 1.82) is 0 Å². The summed E-state index contributed by atoms with van der Waals surface area (Å²) in [7, 11) is 0. The van der Waals surface area contributed by atoms with E-state index in [4.69, 9.17) is 0 Å². The second kappa shape index (κ2) is 9.04. The van der Waals surface area contributed by atoms with Crippen LogP contribution in [-0.4, -0.2) is 34.0 Å². The van der Waals surface area contributed by atoms with Crippen molar-refractivity contribution in [3.63, 3.8) is 0 Å². The van der Waals surface area contributed by atoms with Crippen LogP contribution in [0.25, 0.3) is 0 Å². The smallest absolute Gasteiger partial charge is 0.137 e. The van der Waals surface area contributed by atoms with Crippen molar-refractivity contribution in [3.05, 3.63) is 0 Å². The summed E-state index contributed by atoms with van der Waals surface area (Å²) in [5, 5.41) is 22.3. The van der Waals surface area contributed by atoms with Gasteiger partial charge in [-0.3, -0.25) is 9.59 Å². The molecule has 4 nitrogen and oxygen atoms in total. The van der Waals surface area contributed by atoms with E-state index < -0.39 is 12.2 Å². The first kappa shape index (κ1) is 25.4. The molecule has 4 fully saturated rings. The molecule has 2 N–H and O–H groups in total. The summed E-state index contributed by atoms with van der Waals surface area (Å²) < 4.78 is 0. The summed E-state index contributed by atoms with van der Waals surface area (Å²) in [6.45, 7) is 13.3. The van der Waals surface area contributed by atoms with E-state index in [1.165, 1.54) is 0 Å². The van der Waals surface area contributed by atoms with Gasteiger partial charge in [0.15, 0.2) is 0 Å². The molecule has 4 heteroatoms. The zero-order chi connectivity index (χ0) is 24.3. The Morgan fingerprint density at radius 2 is 1.58 bits per heavy atom. The van der Waals surface area contributed by atoms with Gasteiger partial charge < -0.3 is 10.2 Å². The Hall–Kier alpha value is -0.740. The van der Waals surface area contributed by atoms with Crippen LogP contribution in [0.2, 0.25) is 0 Å². The van der Waals surface area contributed by atoms with Crippen LogP contribution in [0.5, 0.6) is 0 Å². The van der Waals surface area contributed by atoms with Gasteiger partial charge in [-0.05, 0) is 84.4 Å². The normalized spacial score (nSPS) is 44.6. The average molecular weight is 461 g/mol. The van der Waals surface area contributed by atoms with Gasteiger partial charge in [-0.2, -0.15) is 0 Å². The zero-order valence-electron chi connectivity index (χ0n) is 21.8. The minimum atomic E-state index is -0.699. The van der Waals surface area contributed by atoms with Gasteiger partial charge in [0.05, 0.1) is 12.2 Å². The lowest BCUT2D eigenvalue weighted by molar-refractivity contribution is -0.160. The molecule has 0 heterocycles. The summed E-state index contributed by atoms with van der Waals surface area (Å²) in [5.74, 6) is 2.93. The average Bonchev–Trinajstić information content (AvgIpc) is 3.11. The van der Waals surface area contributed by atoms with Crippen LogP contribution in [0.1, 0.15) is 99.3 Å². The molecule has 0 amide bonds. The molecule has 33 heavy (non-hydrogen) atoms. The van der Waals surface area contributed by atoms with Crippen molar-refractivity contribution in [1.82, 2.24) is 0 Å². The summed E-state index contributed by atoms with van der Waals surface area (Å²) in [6, 6.07) is 0.